The van der Waals surface area contributed by atoms with Crippen LogP contribution >= 0.6 is 23.1 Å². The fourth-order valence-electron chi connectivity index (χ4n) is 2.54. The molecule has 1 amide bonds. The van der Waals surface area contributed by atoms with Gasteiger partial charge < -0.3 is 10.2 Å². The third-order valence-electron chi connectivity index (χ3n) is 3.77. The predicted molar refractivity (Wildman–Crippen MR) is 89.1 cm³/mol. The Balaban J connectivity index is 1.78. The molecular weight excluding hydrogens is 304 g/mol. The molecule has 1 aromatic rings. The molecule has 0 bridgehead atoms. The van der Waals surface area contributed by atoms with E-state index in [1.54, 1.807) is 11.3 Å². The van der Waals surface area contributed by atoms with Gasteiger partial charge in [-0.3, -0.25) is 4.79 Å². The summed E-state index contributed by atoms with van der Waals surface area (Å²) in [5.74, 6) is 0.613. The molecule has 0 unspecified atom stereocenters. The van der Waals surface area contributed by atoms with Gasteiger partial charge in [-0.05, 0) is 26.7 Å². The molecule has 1 saturated carbocycles. The number of thioether (sulfide) groups is 1. The Morgan fingerprint density at radius 3 is 2.67 bits per heavy atom. The van der Waals surface area contributed by atoms with Crippen molar-refractivity contribution in [1.29, 1.82) is 0 Å². The zero-order valence-corrected chi connectivity index (χ0v) is 14.4. The standard InChI is InChI=1S/C14H24N4OS2/c1-3-18(4-2)12(19)10-20-14-17-16-13(21-14)15-11-8-6-5-7-9-11/h11H,3-10H2,1-2H3,(H,15,16). The van der Waals surface area contributed by atoms with E-state index in [0.29, 0.717) is 11.8 Å². The lowest BCUT2D eigenvalue weighted by Crippen LogP contribution is -2.31. The van der Waals surface area contributed by atoms with Crippen LogP contribution < -0.4 is 5.32 Å². The number of rotatable bonds is 7. The molecule has 2 rings (SSSR count). The maximum Gasteiger partial charge on any atom is 0.233 e. The van der Waals surface area contributed by atoms with E-state index >= 15 is 0 Å². The molecule has 1 N–H and O–H groups in total. The fraction of sp³-hybridized carbons (Fsp3) is 0.786. The van der Waals surface area contributed by atoms with Crippen molar-refractivity contribution in [2.45, 2.75) is 56.3 Å². The van der Waals surface area contributed by atoms with Gasteiger partial charge in [-0.25, -0.2) is 0 Å². The van der Waals surface area contributed by atoms with Crippen molar-refractivity contribution in [3.05, 3.63) is 0 Å². The van der Waals surface area contributed by atoms with Crippen molar-refractivity contribution in [3.8, 4) is 0 Å². The number of hydrogen-bond acceptors (Lipinski definition) is 6. The summed E-state index contributed by atoms with van der Waals surface area (Å²) in [6.45, 7) is 5.54. The molecule has 118 valence electrons. The summed E-state index contributed by atoms with van der Waals surface area (Å²) >= 11 is 3.04. The van der Waals surface area contributed by atoms with E-state index < -0.39 is 0 Å². The number of nitrogens with zero attached hydrogens (tertiary/aromatic N) is 3. The van der Waals surface area contributed by atoms with Gasteiger partial charge in [0.25, 0.3) is 0 Å². The van der Waals surface area contributed by atoms with Crippen molar-refractivity contribution in [2.24, 2.45) is 0 Å². The second-order valence-corrected chi connectivity index (χ2v) is 7.41. The summed E-state index contributed by atoms with van der Waals surface area (Å²) in [6.07, 6.45) is 6.40. The molecule has 1 fully saturated rings. The van der Waals surface area contributed by atoms with Crippen LogP contribution in [0.5, 0.6) is 0 Å². The van der Waals surface area contributed by atoms with E-state index in [1.807, 2.05) is 18.7 Å². The maximum absolute atomic E-state index is 11.9. The summed E-state index contributed by atoms with van der Waals surface area (Å²) in [5.41, 5.74) is 0. The topological polar surface area (TPSA) is 58.1 Å². The highest BCUT2D eigenvalue weighted by Gasteiger charge is 2.16. The van der Waals surface area contributed by atoms with Gasteiger partial charge in [0.05, 0.1) is 5.75 Å². The minimum Gasteiger partial charge on any atom is -0.357 e. The van der Waals surface area contributed by atoms with Gasteiger partial charge >= 0.3 is 0 Å². The first-order valence-electron chi connectivity index (χ1n) is 7.73. The Bertz CT molecular complexity index is 442. The van der Waals surface area contributed by atoms with Crippen LogP contribution in [-0.4, -0.2) is 45.9 Å². The van der Waals surface area contributed by atoms with Crippen LogP contribution in [0.25, 0.3) is 0 Å². The third-order valence-corrected chi connectivity index (χ3v) is 5.75. The third kappa shape index (κ3) is 5.14. The summed E-state index contributed by atoms with van der Waals surface area (Å²) < 4.78 is 0.869. The minimum atomic E-state index is 0.169. The Kier molecular flexibility index (Phi) is 6.76. The number of amides is 1. The monoisotopic (exact) mass is 328 g/mol. The normalized spacial score (nSPS) is 15.9. The van der Waals surface area contributed by atoms with Gasteiger partial charge in [0.1, 0.15) is 0 Å². The first kappa shape index (κ1) is 16.5. The molecule has 0 aromatic carbocycles. The van der Waals surface area contributed by atoms with Crippen LogP contribution in [0, 0.1) is 0 Å². The summed E-state index contributed by atoms with van der Waals surface area (Å²) in [4.78, 5) is 13.8. The molecule has 0 saturated heterocycles. The van der Waals surface area contributed by atoms with Crippen LogP contribution in [0.4, 0.5) is 5.13 Å². The molecule has 0 aliphatic heterocycles. The highest BCUT2D eigenvalue weighted by atomic mass is 32.2. The quantitative estimate of drug-likeness (QED) is 0.779. The van der Waals surface area contributed by atoms with Crippen LogP contribution in [-0.2, 0) is 4.79 Å². The highest BCUT2D eigenvalue weighted by molar-refractivity contribution is 8.01. The molecule has 5 nitrogen and oxygen atoms in total. The predicted octanol–water partition coefficient (Wildman–Crippen LogP) is 3.24. The summed E-state index contributed by atoms with van der Waals surface area (Å²) in [7, 11) is 0. The van der Waals surface area contributed by atoms with E-state index in [2.05, 4.69) is 15.5 Å². The lowest BCUT2D eigenvalue weighted by atomic mass is 9.96. The maximum atomic E-state index is 11.9. The van der Waals surface area contributed by atoms with E-state index in [9.17, 15) is 4.79 Å². The molecule has 1 aromatic heterocycles. The van der Waals surface area contributed by atoms with Crippen molar-refractivity contribution in [2.75, 3.05) is 24.2 Å². The first-order chi connectivity index (χ1) is 10.2. The smallest absolute Gasteiger partial charge is 0.233 e. The van der Waals surface area contributed by atoms with Gasteiger partial charge in [-0.2, -0.15) is 0 Å². The van der Waals surface area contributed by atoms with E-state index in [4.69, 9.17) is 0 Å². The highest BCUT2D eigenvalue weighted by Crippen LogP contribution is 2.28. The van der Waals surface area contributed by atoms with Crippen molar-refractivity contribution < 1.29 is 4.79 Å². The van der Waals surface area contributed by atoms with Gasteiger partial charge in [0.15, 0.2) is 4.34 Å². The Morgan fingerprint density at radius 1 is 1.29 bits per heavy atom. The van der Waals surface area contributed by atoms with E-state index in [1.165, 1.54) is 43.9 Å². The van der Waals surface area contributed by atoms with E-state index in [-0.39, 0.29) is 5.91 Å². The van der Waals surface area contributed by atoms with Crippen LogP contribution in [0.3, 0.4) is 0 Å². The molecule has 1 aliphatic rings. The molecule has 21 heavy (non-hydrogen) atoms. The molecule has 1 aliphatic carbocycles. The first-order valence-corrected chi connectivity index (χ1v) is 9.53. The van der Waals surface area contributed by atoms with Gasteiger partial charge in [0.2, 0.25) is 11.0 Å². The van der Waals surface area contributed by atoms with Crippen LogP contribution in [0.15, 0.2) is 4.34 Å². The Morgan fingerprint density at radius 2 is 2.00 bits per heavy atom. The molecule has 0 radical (unpaired) electrons. The van der Waals surface area contributed by atoms with Gasteiger partial charge in [-0.15, -0.1) is 10.2 Å². The van der Waals surface area contributed by atoms with Crippen molar-refractivity contribution in [1.82, 2.24) is 15.1 Å². The van der Waals surface area contributed by atoms with Crippen molar-refractivity contribution >= 4 is 34.1 Å². The zero-order valence-electron chi connectivity index (χ0n) is 12.8. The number of hydrogen-bond donors (Lipinski definition) is 1. The lowest BCUT2D eigenvalue weighted by Gasteiger charge is -2.21. The van der Waals surface area contributed by atoms with Crippen LogP contribution in [0.2, 0.25) is 0 Å². The second kappa shape index (κ2) is 8.58. The van der Waals surface area contributed by atoms with Crippen LogP contribution in [0.1, 0.15) is 46.0 Å². The SMILES string of the molecule is CCN(CC)C(=O)CSc1nnc(NC2CCCCC2)s1. The number of anilines is 1. The average Bonchev–Trinajstić information content (AvgIpc) is 2.95. The number of carbonyl (C=O) groups excluding carboxylic acids is 1. The van der Waals surface area contributed by atoms with Gasteiger partial charge in [-0.1, -0.05) is 42.4 Å². The lowest BCUT2D eigenvalue weighted by molar-refractivity contribution is -0.127. The number of nitrogens with one attached hydrogen (secondary N) is 1. The summed E-state index contributed by atoms with van der Waals surface area (Å²) in [6, 6.07) is 0.543. The molecular formula is C14H24N4OS2. The summed E-state index contributed by atoms with van der Waals surface area (Å²) in [5, 5.41) is 12.7. The van der Waals surface area contributed by atoms with Crippen molar-refractivity contribution in [3.63, 3.8) is 0 Å². The minimum absolute atomic E-state index is 0.169. The molecule has 7 heteroatoms. The average molecular weight is 329 g/mol. The largest absolute Gasteiger partial charge is 0.357 e. The van der Waals surface area contributed by atoms with E-state index in [0.717, 1.165) is 22.6 Å². The number of aromatic nitrogens is 2. The Hall–Kier alpha value is -0.820. The molecule has 0 spiro atoms. The number of carbonyl (C=O) groups is 1. The molecule has 1 heterocycles. The second-order valence-electron chi connectivity index (χ2n) is 5.21. The van der Waals surface area contributed by atoms with Gasteiger partial charge in [0, 0.05) is 19.1 Å². The Labute approximate surface area is 134 Å². The fourth-order valence-corrected chi connectivity index (χ4v) is 4.27. The molecule has 0 atom stereocenters. The zero-order chi connectivity index (χ0) is 15.1.